The third kappa shape index (κ3) is 1.91. The van der Waals surface area contributed by atoms with Gasteiger partial charge in [-0.15, -0.1) is 0 Å². The van der Waals surface area contributed by atoms with Crippen molar-refractivity contribution in [3.8, 4) is 17.0 Å². The third-order valence-corrected chi connectivity index (χ3v) is 3.12. The molecule has 1 aromatic heterocycles. The molecule has 0 saturated heterocycles. The number of aromatic hydroxyl groups is 1. The third-order valence-electron chi connectivity index (χ3n) is 3.12. The van der Waals surface area contributed by atoms with Gasteiger partial charge in [0.25, 0.3) is 0 Å². The molecule has 0 radical (unpaired) electrons. The number of phenolic OH excluding ortho intramolecular Hbond substituents is 1. The van der Waals surface area contributed by atoms with Gasteiger partial charge in [0.2, 0.25) is 0 Å². The van der Waals surface area contributed by atoms with E-state index >= 15 is 0 Å². The van der Waals surface area contributed by atoms with Crippen molar-refractivity contribution >= 4 is 0 Å². The Bertz CT molecular complexity index is 548. The first-order valence-corrected chi connectivity index (χ1v) is 5.76. The molecular weight excluding hydrogens is 216 g/mol. The summed E-state index contributed by atoms with van der Waals surface area (Å²) in [5.74, 6) is 1.16. The summed E-state index contributed by atoms with van der Waals surface area (Å²) >= 11 is 0. The maximum absolute atomic E-state index is 9.59. The van der Waals surface area contributed by atoms with E-state index in [1.165, 1.54) is 0 Å². The molecule has 3 rings (SSSR count). The molecule has 1 aliphatic heterocycles. The minimum atomic E-state index is -0.276. The lowest BCUT2D eigenvalue weighted by Gasteiger charge is -2.18. The number of aryl methyl sites for hydroxylation is 1. The predicted molar refractivity (Wildman–Crippen MR) is 63.7 cm³/mol. The van der Waals surface area contributed by atoms with Gasteiger partial charge in [-0.25, -0.2) is 4.98 Å². The summed E-state index contributed by atoms with van der Waals surface area (Å²) in [5.41, 5.74) is 1.76. The van der Waals surface area contributed by atoms with Gasteiger partial charge in [0, 0.05) is 24.7 Å². The lowest BCUT2D eigenvalue weighted by molar-refractivity contribution is 0.141. The van der Waals surface area contributed by atoms with E-state index < -0.39 is 0 Å². The van der Waals surface area contributed by atoms with Gasteiger partial charge < -0.3 is 14.8 Å². The number of nitrogens with zero attached hydrogens (tertiary/aromatic N) is 2. The number of hydrogen-bond donors (Lipinski definition) is 2. The van der Waals surface area contributed by atoms with Crippen LogP contribution < -0.4 is 0 Å². The Morgan fingerprint density at radius 1 is 1.35 bits per heavy atom. The molecule has 17 heavy (non-hydrogen) atoms. The van der Waals surface area contributed by atoms with Gasteiger partial charge in [-0.3, -0.25) is 0 Å². The molecule has 2 heterocycles. The van der Waals surface area contributed by atoms with Crippen molar-refractivity contribution in [2.75, 3.05) is 0 Å². The number of phenols is 1. The molecule has 1 unspecified atom stereocenters. The monoisotopic (exact) mass is 230 g/mol. The molecule has 0 fully saturated rings. The van der Waals surface area contributed by atoms with Crippen molar-refractivity contribution < 1.29 is 10.2 Å². The normalized spacial score (nSPS) is 19.0. The van der Waals surface area contributed by atoms with E-state index in [9.17, 15) is 10.2 Å². The molecule has 0 spiro atoms. The summed E-state index contributed by atoms with van der Waals surface area (Å²) in [6.07, 6.45) is 3.10. The van der Waals surface area contributed by atoms with Crippen LogP contribution in [0.1, 0.15) is 12.2 Å². The molecule has 4 nitrogen and oxygen atoms in total. The SMILES string of the molecule is Oc1cccc(-c2cn3c(n2)CC(O)CC3)c1. The van der Waals surface area contributed by atoms with Crippen LogP contribution in [-0.4, -0.2) is 25.9 Å². The van der Waals surface area contributed by atoms with E-state index in [0.29, 0.717) is 6.42 Å². The van der Waals surface area contributed by atoms with Gasteiger partial charge in [0.05, 0.1) is 11.8 Å². The molecule has 4 heteroatoms. The largest absolute Gasteiger partial charge is 0.508 e. The Labute approximate surface area is 99.2 Å². The van der Waals surface area contributed by atoms with Crippen LogP contribution >= 0.6 is 0 Å². The quantitative estimate of drug-likeness (QED) is 0.781. The number of hydrogen-bond acceptors (Lipinski definition) is 3. The lowest BCUT2D eigenvalue weighted by atomic mass is 10.1. The molecule has 0 saturated carbocycles. The summed E-state index contributed by atoms with van der Waals surface area (Å²) < 4.78 is 2.08. The molecule has 1 aliphatic rings. The van der Waals surface area contributed by atoms with Gasteiger partial charge in [0.15, 0.2) is 0 Å². The van der Waals surface area contributed by atoms with E-state index in [2.05, 4.69) is 9.55 Å². The minimum absolute atomic E-state index is 0.244. The van der Waals surface area contributed by atoms with Gasteiger partial charge >= 0.3 is 0 Å². The molecular formula is C13H14N2O2. The second kappa shape index (κ2) is 3.89. The molecule has 2 N–H and O–H groups in total. The van der Waals surface area contributed by atoms with Crippen molar-refractivity contribution in [1.82, 2.24) is 9.55 Å². The van der Waals surface area contributed by atoms with Crippen molar-refractivity contribution in [3.05, 3.63) is 36.3 Å². The van der Waals surface area contributed by atoms with E-state index in [-0.39, 0.29) is 11.9 Å². The summed E-state index contributed by atoms with van der Waals surface area (Å²) in [6, 6.07) is 7.07. The maximum atomic E-state index is 9.59. The molecule has 1 atom stereocenters. The van der Waals surface area contributed by atoms with Crippen LogP contribution in [-0.2, 0) is 13.0 Å². The van der Waals surface area contributed by atoms with E-state index in [0.717, 1.165) is 30.0 Å². The minimum Gasteiger partial charge on any atom is -0.508 e. The molecule has 0 aliphatic carbocycles. The zero-order chi connectivity index (χ0) is 11.8. The first-order valence-electron chi connectivity index (χ1n) is 5.76. The van der Waals surface area contributed by atoms with Gasteiger partial charge in [-0.2, -0.15) is 0 Å². The average molecular weight is 230 g/mol. The number of benzene rings is 1. The summed E-state index contributed by atoms with van der Waals surface area (Å²) in [6.45, 7) is 0.808. The van der Waals surface area contributed by atoms with Crippen LogP contribution in [0.5, 0.6) is 5.75 Å². The number of aliphatic hydroxyl groups excluding tert-OH is 1. The van der Waals surface area contributed by atoms with E-state index in [1.54, 1.807) is 18.2 Å². The highest BCUT2D eigenvalue weighted by Crippen LogP contribution is 2.25. The highest BCUT2D eigenvalue weighted by atomic mass is 16.3. The first kappa shape index (κ1) is 10.4. The van der Waals surface area contributed by atoms with Crippen molar-refractivity contribution in [3.63, 3.8) is 0 Å². The van der Waals surface area contributed by atoms with Gasteiger partial charge in [0.1, 0.15) is 11.6 Å². The summed E-state index contributed by atoms with van der Waals surface area (Å²) in [4.78, 5) is 4.50. The number of aromatic nitrogens is 2. The maximum Gasteiger partial charge on any atom is 0.116 e. The molecule has 2 aromatic rings. The molecule has 0 amide bonds. The Balaban J connectivity index is 2.00. The van der Waals surface area contributed by atoms with E-state index in [4.69, 9.17) is 0 Å². The van der Waals surface area contributed by atoms with Crippen LogP contribution in [0.2, 0.25) is 0 Å². The molecule has 88 valence electrons. The zero-order valence-electron chi connectivity index (χ0n) is 9.37. The first-order chi connectivity index (χ1) is 8.22. The fourth-order valence-corrected chi connectivity index (χ4v) is 2.22. The highest BCUT2D eigenvalue weighted by Gasteiger charge is 2.19. The number of fused-ring (bicyclic) bond motifs is 1. The number of rotatable bonds is 1. The van der Waals surface area contributed by atoms with E-state index in [1.807, 2.05) is 12.3 Å². The highest BCUT2D eigenvalue weighted by molar-refractivity contribution is 5.60. The zero-order valence-corrected chi connectivity index (χ0v) is 9.37. The number of aliphatic hydroxyl groups is 1. The topological polar surface area (TPSA) is 58.3 Å². The standard InChI is InChI=1S/C13H14N2O2/c16-10-3-1-2-9(6-10)12-8-15-5-4-11(17)7-13(15)14-12/h1-3,6,8,11,16-17H,4-5,7H2. The van der Waals surface area contributed by atoms with Crippen molar-refractivity contribution in [2.24, 2.45) is 0 Å². The van der Waals surface area contributed by atoms with Crippen LogP contribution in [0.25, 0.3) is 11.3 Å². The molecule has 0 bridgehead atoms. The summed E-state index contributed by atoms with van der Waals surface area (Å²) in [7, 11) is 0. The second-order valence-corrected chi connectivity index (χ2v) is 4.43. The fourth-order valence-electron chi connectivity index (χ4n) is 2.22. The van der Waals surface area contributed by atoms with Crippen molar-refractivity contribution in [2.45, 2.75) is 25.5 Å². The Hall–Kier alpha value is -1.81. The predicted octanol–water partition coefficient (Wildman–Crippen LogP) is 1.56. The smallest absolute Gasteiger partial charge is 0.116 e. The van der Waals surface area contributed by atoms with Crippen LogP contribution in [0.3, 0.4) is 0 Å². The fraction of sp³-hybridized carbons (Fsp3) is 0.308. The average Bonchev–Trinajstić information content (AvgIpc) is 2.72. The van der Waals surface area contributed by atoms with Gasteiger partial charge in [-0.1, -0.05) is 12.1 Å². The summed E-state index contributed by atoms with van der Waals surface area (Å²) in [5, 5.41) is 19.0. The second-order valence-electron chi connectivity index (χ2n) is 4.43. The van der Waals surface area contributed by atoms with Crippen LogP contribution in [0.4, 0.5) is 0 Å². The Morgan fingerprint density at radius 3 is 3.06 bits per heavy atom. The number of imidazole rings is 1. The van der Waals surface area contributed by atoms with Crippen molar-refractivity contribution in [1.29, 1.82) is 0 Å². The lowest BCUT2D eigenvalue weighted by Crippen LogP contribution is -2.22. The van der Waals surface area contributed by atoms with Gasteiger partial charge in [-0.05, 0) is 18.6 Å². The van der Waals surface area contributed by atoms with Crippen LogP contribution in [0, 0.1) is 0 Å². The molecule has 1 aromatic carbocycles. The Morgan fingerprint density at radius 2 is 2.24 bits per heavy atom. The Kier molecular flexibility index (Phi) is 2.37. The van der Waals surface area contributed by atoms with Crippen LogP contribution in [0.15, 0.2) is 30.5 Å².